The van der Waals surface area contributed by atoms with Crippen molar-refractivity contribution in [1.82, 2.24) is 10.3 Å². The number of carbonyl (C=O) groups is 1. The van der Waals surface area contributed by atoms with Gasteiger partial charge in [-0.25, -0.2) is 0 Å². The van der Waals surface area contributed by atoms with E-state index in [2.05, 4.69) is 44.4 Å². The summed E-state index contributed by atoms with van der Waals surface area (Å²) >= 11 is 3.16. The first-order chi connectivity index (χ1) is 18.0. The van der Waals surface area contributed by atoms with Gasteiger partial charge in [0, 0.05) is 46.4 Å². The minimum atomic E-state index is -0.508. The Bertz CT molecular complexity index is 1580. The molecule has 0 saturated carbocycles. The highest BCUT2D eigenvalue weighted by Gasteiger charge is 2.18. The Morgan fingerprint density at radius 1 is 0.946 bits per heavy atom. The molecule has 0 amide bonds. The van der Waals surface area contributed by atoms with Crippen molar-refractivity contribution in [2.75, 3.05) is 13.2 Å². The van der Waals surface area contributed by atoms with Crippen molar-refractivity contribution in [1.29, 1.82) is 0 Å². The van der Waals surface area contributed by atoms with E-state index in [0.29, 0.717) is 17.5 Å². The second-order valence-electron chi connectivity index (χ2n) is 8.71. The molecule has 0 aliphatic heterocycles. The number of H-pyrrole nitrogens is 1. The lowest BCUT2D eigenvalue weighted by molar-refractivity contribution is -0.385. The minimum absolute atomic E-state index is 0.0410. The van der Waals surface area contributed by atoms with Crippen LogP contribution in [-0.2, 0) is 0 Å². The number of hydrogen-bond acceptors (Lipinski definition) is 5. The zero-order valence-electron chi connectivity index (χ0n) is 19.8. The second kappa shape index (κ2) is 10.9. The molecule has 0 aliphatic carbocycles. The fourth-order valence-corrected chi connectivity index (χ4v) is 4.83. The first-order valence-electron chi connectivity index (χ1n) is 11.9. The van der Waals surface area contributed by atoms with Gasteiger partial charge in [-0.15, -0.1) is 0 Å². The molecule has 1 aromatic heterocycles. The summed E-state index contributed by atoms with van der Waals surface area (Å²) in [7, 11) is 0. The number of aromatic nitrogens is 1. The Kier molecular flexibility index (Phi) is 7.30. The summed E-state index contributed by atoms with van der Waals surface area (Å²) in [5.74, 6) is 0.547. The van der Waals surface area contributed by atoms with E-state index in [9.17, 15) is 14.9 Å². The molecule has 1 heterocycles. The molecule has 4 aromatic carbocycles. The van der Waals surface area contributed by atoms with Gasteiger partial charge in [0.15, 0.2) is 5.78 Å². The summed E-state index contributed by atoms with van der Waals surface area (Å²) in [5, 5.41) is 16.9. The maximum atomic E-state index is 12.8. The van der Waals surface area contributed by atoms with Gasteiger partial charge in [-0.1, -0.05) is 48.5 Å². The summed E-state index contributed by atoms with van der Waals surface area (Å²) < 4.78 is 6.42. The van der Waals surface area contributed by atoms with E-state index in [1.807, 2.05) is 54.6 Å². The van der Waals surface area contributed by atoms with Gasteiger partial charge in [-0.05, 0) is 51.8 Å². The van der Waals surface area contributed by atoms with Crippen molar-refractivity contribution in [3.63, 3.8) is 0 Å². The third-order valence-electron chi connectivity index (χ3n) is 6.33. The monoisotopic (exact) mass is 557 g/mol. The number of nitro benzene ring substituents is 1. The Morgan fingerprint density at radius 2 is 1.70 bits per heavy atom. The van der Waals surface area contributed by atoms with Gasteiger partial charge in [0.25, 0.3) is 5.69 Å². The highest BCUT2D eigenvalue weighted by molar-refractivity contribution is 9.10. The molecule has 0 radical (unpaired) electrons. The summed E-state index contributed by atoms with van der Waals surface area (Å²) in [6.07, 6.45) is 0.627. The maximum absolute atomic E-state index is 12.8. The number of nitrogens with one attached hydrogen (secondary N) is 2. The van der Waals surface area contributed by atoms with E-state index in [4.69, 9.17) is 4.74 Å². The van der Waals surface area contributed by atoms with E-state index in [1.165, 1.54) is 17.5 Å². The van der Waals surface area contributed by atoms with Gasteiger partial charge in [-0.2, -0.15) is 0 Å². The fraction of sp³-hybridized carbons (Fsp3) is 0.138. The summed E-state index contributed by atoms with van der Waals surface area (Å²) in [6.45, 7) is 0.482. The molecule has 1 atom stereocenters. The fourth-order valence-electron chi connectivity index (χ4n) is 4.43. The Balaban J connectivity index is 1.26. The molecule has 0 aliphatic rings. The Labute approximate surface area is 221 Å². The average Bonchev–Trinajstić information content (AvgIpc) is 3.29. The van der Waals surface area contributed by atoms with Crippen LogP contribution < -0.4 is 10.1 Å². The van der Waals surface area contributed by atoms with Crippen LogP contribution in [0.25, 0.3) is 21.8 Å². The standard InChI is InChI=1S/C29H24BrN3O4/c30-24-13-10-20(16-28(24)33(35)36)29(34)18-31-25(19-6-2-1-3-7-19)14-15-37-21-11-12-23-22-8-4-5-9-26(22)32-27(23)17-21/h1-13,16-17,25,31-32H,14-15,18H2. The molecule has 2 N–H and O–H groups in total. The zero-order chi connectivity index (χ0) is 25.8. The number of hydrogen-bond donors (Lipinski definition) is 2. The second-order valence-corrected chi connectivity index (χ2v) is 9.56. The molecule has 1 unspecified atom stereocenters. The zero-order valence-corrected chi connectivity index (χ0v) is 21.4. The van der Waals surface area contributed by atoms with Crippen LogP contribution in [0, 0.1) is 10.1 Å². The molecular weight excluding hydrogens is 534 g/mol. The number of ketones is 1. The minimum Gasteiger partial charge on any atom is -0.493 e. The van der Waals surface area contributed by atoms with Crippen LogP contribution in [0.4, 0.5) is 5.69 Å². The third kappa shape index (κ3) is 5.55. The number of nitro groups is 1. The molecule has 37 heavy (non-hydrogen) atoms. The van der Waals surface area contributed by atoms with Crippen molar-refractivity contribution in [3.8, 4) is 5.75 Å². The van der Waals surface area contributed by atoms with Crippen molar-refractivity contribution in [3.05, 3.63) is 117 Å². The lowest BCUT2D eigenvalue weighted by Gasteiger charge is -2.19. The number of halogens is 1. The number of nitrogens with zero attached hydrogens (tertiary/aromatic N) is 1. The SMILES string of the molecule is O=C(CNC(CCOc1ccc2c(c1)[nH]c1ccccc12)c1ccccc1)c1ccc(Br)c([N+](=O)[O-])c1. The van der Waals surface area contributed by atoms with Crippen LogP contribution in [0.15, 0.2) is 95.5 Å². The molecule has 5 aromatic rings. The Morgan fingerprint density at radius 3 is 2.51 bits per heavy atom. The first kappa shape index (κ1) is 24.7. The molecule has 0 fully saturated rings. The van der Waals surface area contributed by atoms with Crippen LogP contribution in [-0.4, -0.2) is 28.8 Å². The predicted octanol–water partition coefficient (Wildman–Crippen LogP) is 6.97. The molecular formula is C29H24BrN3O4. The van der Waals surface area contributed by atoms with Crippen LogP contribution in [0.1, 0.15) is 28.4 Å². The summed E-state index contributed by atoms with van der Waals surface area (Å²) in [4.78, 5) is 27.0. The van der Waals surface area contributed by atoms with E-state index in [1.54, 1.807) is 6.07 Å². The van der Waals surface area contributed by atoms with E-state index in [0.717, 1.165) is 27.7 Å². The quantitative estimate of drug-likeness (QED) is 0.110. The van der Waals surface area contributed by atoms with Crippen molar-refractivity contribution >= 4 is 49.2 Å². The highest BCUT2D eigenvalue weighted by atomic mass is 79.9. The van der Waals surface area contributed by atoms with Crippen LogP contribution in [0.3, 0.4) is 0 Å². The lowest BCUT2D eigenvalue weighted by atomic mass is 10.0. The molecule has 0 saturated heterocycles. The molecule has 0 spiro atoms. The first-order valence-corrected chi connectivity index (χ1v) is 12.7. The van der Waals surface area contributed by atoms with Crippen LogP contribution in [0.2, 0.25) is 0 Å². The number of carbonyl (C=O) groups excluding carboxylic acids is 1. The molecule has 0 bridgehead atoms. The lowest BCUT2D eigenvalue weighted by Crippen LogP contribution is -2.29. The topological polar surface area (TPSA) is 97.3 Å². The number of benzene rings is 4. The predicted molar refractivity (Wildman–Crippen MR) is 148 cm³/mol. The van der Waals surface area contributed by atoms with Gasteiger partial charge in [0.05, 0.1) is 28.1 Å². The largest absolute Gasteiger partial charge is 0.493 e. The van der Waals surface area contributed by atoms with Gasteiger partial charge in [0.1, 0.15) is 5.75 Å². The number of Topliss-reactive ketones (excluding diaryl/α,β-unsaturated/α-hetero) is 1. The van der Waals surface area contributed by atoms with Gasteiger partial charge in [-0.3, -0.25) is 14.9 Å². The van der Waals surface area contributed by atoms with Crippen LogP contribution in [0.5, 0.6) is 5.75 Å². The van der Waals surface area contributed by atoms with E-state index < -0.39 is 4.92 Å². The van der Waals surface area contributed by atoms with Crippen molar-refractivity contribution in [2.24, 2.45) is 0 Å². The third-order valence-corrected chi connectivity index (χ3v) is 7.00. The number of ether oxygens (including phenoxy) is 1. The summed E-state index contributed by atoms with van der Waals surface area (Å²) in [5.41, 5.74) is 3.30. The molecule has 5 rings (SSSR count). The maximum Gasteiger partial charge on any atom is 0.284 e. The number of rotatable bonds is 10. The summed E-state index contributed by atoms with van der Waals surface area (Å²) in [6, 6.07) is 28.4. The normalized spacial score (nSPS) is 12.0. The number of para-hydroxylation sites is 1. The van der Waals surface area contributed by atoms with Crippen LogP contribution >= 0.6 is 15.9 Å². The van der Waals surface area contributed by atoms with Crippen molar-refractivity contribution in [2.45, 2.75) is 12.5 Å². The van der Waals surface area contributed by atoms with E-state index >= 15 is 0 Å². The number of fused-ring (bicyclic) bond motifs is 3. The average molecular weight is 558 g/mol. The van der Waals surface area contributed by atoms with E-state index in [-0.39, 0.29) is 29.6 Å². The molecule has 186 valence electrons. The smallest absolute Gasteiger partial charge is 0.284 e. The van der Waals surface area contributed by atoms with Gasteiger partial charge < -0.3 is 15.0 Å². The molecule has 8 heteroatoms. The Hall–Kier alpha value is -4.01. The molecule has 7 nitrogen and oxygen atoms in total. The highest BCUT2D eigenvalue weighted by Crippen LogP contribution is 2.29. The number of aromatic amines is 1. The van der Waals surface area contributed by atoms with Crippen molar-refractivity contribution < 1.29 is 14.5 Å². The van der Waals surface area contributed by atoms with Gasteiger partial charge in [0.2, 0.25) is 0 Å². The van der Waals surface area contributed by atoms with Gasteiger partial charge >= 0.3 is 0 Å².